The van der Waals surface area contributed by atoms with Crippen LogP contribution in [-0.2, 0) is 13.6 Å². The van der Waals surface area contributed by atoms with Crippen molar-refractivity contribution in [2.75, 3.05) is 12.0 Å². The van der Waals surface area contributed by atoms with Crippen LogP contribution in [0.2, 0.25) is 0 Å². The Morgan fingerprint density at radius 1 is 1.18 bits per heavy atom. The fraction of sp³-hybridized carbons (Fsp3) is 0.217. The number of rotatable bonds is 8. The van der Waals surface area contributed by atoms with Crippen LogP contribution in [0.1, 0.15) is 12.5 Å². The van der Waals surface area contributed by atoms with E-state index in [1.165, 1.54) is 16.2 Å². The van der Waals surface area contributed by atoms with E-state index in [1.54, 1.807) is 43.3 Å². The lowest BCUT2D eigenvalue weighted by molar-refractivity contribution is 0.0938. The van der Waals surface area contributed by atoms with Gasteiger partial charge in [0, 0.05) is 12.6 Å². The van der Waals surface area contributed by atoms with Gasteiger partial charge in [-0.25, -0.2) is 10.2 Å². The van der Waals surface area contributed by atoms with Gasteiger partial charge in [-0.2, -0.15) is 10.1 Å². The molecule has 0 unspecified atom stereocenters. The van der Waals surface area contributed by atoms with Crippen molar-refractivity contribution in [3.05, 3.63) is 81.0 Å². The summed E-state index contributed by atoms with van der Waals surface area (Å²) in [5.74, 6) is 0.792. The zero-order valence-electron chi connectivity index (χ0n) is 18.6. The Morgan fingerprint density at radius 3 is 2.62 bits per heavy atom. The number of hydrogen-bond acceptors (Lipinski definition) is 8. The van der Waals surface area contributed by atoms with E-state index < -0.39 is 17.4 Å². The van der Waals surface area contributed by atoms with Gasteiger partial charge in [-0.3, -0.25) is 14.3 Å². The van der Waals surface area contributed by atoms with Gasteiger partial charge in [-0.05, 0) is 31.2 Å². The summed E-state index contributed by atoms with van der Waals surface area (Å²) in [5.41, 5.74) is 2.73. The molecule has 0 spiro atoms. The number of phenols is 1. The molecule has 0 amide bonds. The maximum atomic E-state index is 12.6. The van der Waals surface area contributed by atoms with Gasteiger partial charge in [-0.15, -0.1) is 0 Å². The predicted octanol–water partition coefficient (Wildman–Crippen LogP) is 1.40. The first kappa shape index (κ1) is 22.8. The Balaban J connectivity index is 1.67. The first-order valence-electron chi connectivity index (χ1n) is 10.5. The number of nitrogens with one attached hydrogen (secondary N) is 2. The smallest absolute Gasteiger partial charge is 0.329 e. The molecule has 0 bridgehead atoms. The number of aromatic nitrogens is 4. The molecule has 0 aliphatic carbocycles. The van der Waals surface area contributed by atoms with Gasteiger partial charge in [0.1, 0.15) is 24.2 Å². The number of hydrazone groups is 1. The largest absolute Gasteiger partial charge is 0.507 e. The second-order valence-electron chi connectivity index (χ2n) is 7.64. The number of H-pyrrole nitrogens is 1. The lowest BCUT2D eigenvalue weighted by Crippen LogP contribution is -2.30. The maximum Gasteiger partial charge on any atom is 0.329 e. The first-order chi connectivity index (χ1) is 16.3. The van der Waals surface area contributed by atoms with Crippen LogP contribution in [-0.4, -0.2) is 47.7 Å². The zero-order chi connectivity index (χ0) is 24.2. The Bertz CT molecular complexity index is 1450. The number of benzene rings is 2. The van der Waals surface area contributed by atoms with Gasteiger partial charge in [0.2, 0.25) is 5.95 Å². The minimum atomic E-state index is -1.00. The third-order valence-corrected chi connectivity index (χ3v) is 5.20. The summed E-state index contributed by atoms with van der Waals surface area (Å²) in [7, 11) is 1.48. The quantitative estimate of drug-likeness (QED) is 0.228. The van der Waals surface area contributed by atoms with Crippen molar-refractivity contribution in [3.63, 3.8) is 0 Å². The van der Waals surface area contributed by atoms with Gasteiger partial charge in [0.05, 0.1) is 12.3 Å². The van der Waals surface area contributed by atoms with Crippen molar-refractivity contribution in [2.45, 2.75) is 19.6 Å². The van der Waals surface area contributed by atoms with Crippen molar-refractivity contribution < 1.29 is 14.9 Å². The molecule has 0 aliphatic heterocycles. The van der Waals surface area contributed by atoms with Crippen LogP contribution in [0.25, 0.3) is 11.2 Å². The number of aromatic amines is 1. The number of aliphatic hydroxyl groups excluding tert-OH is 1. The SMILES string of the molecule is C/C(=N/Nc1nc2c(c(=O)[nH]c(=O)n2C)n1C[C@H](O)COc1ccccc1)c1ccccc1O. The van der Waals surface area contributed by atoms with E-state index in [2.05, 4.69) is 20.5 Å². The molecule has 2 aromatic carbocycles. The minimum absolute atomic E-state index is 0.0347. The number of phenolic OH excluding ortho intramolecular Hbond substituents is 1. The Hall–Kier alpha value is -4.38. The lowest BCUT2D eigenvalue weighted by atomic mass is 10.1. The molecule has 4 rings (SSSR count). The molecule has 0 saturated heterocycles. The third-order valence-electron chi connectivity index (χ3n) is 5.20. The van der Waals surface area contributed by atoms with E-state index >= 15 is 0 Å². The summed E-state index contributed by atoms with van der Waals surface area (Å²) in [6, 6.07) is 15.7. The minimum Gasteiger partial charge on any atom is -0.507 e. The summed E-state index contributed by atoms with van der Waals surface area (Å²) in [6.07, 6.45) is -1.00. The van der Waals surface area contributed by atoms with E-state index in [4.69, 9.17) is 4.74 Å². The molecule has 34 heavy (non-hydrogen) atoms. The van der Waals surface area contributed by atoms with Crippen molar-refractivity contribution in [1.82, 2.24) is 19.1 Å². The van der Waals surface area contributed by atoms with Crippen LogP contribution < -0.4 is 21.4 Å². The zero-order valence-corrected chi connectivity index (χ0v) is 18.6. The summed E-state index contributed by atoms with van der Waals surface area (Å²) in [6.45, 7) is 1.60. The topological polar surface area (TPSA) is 147 Å². The molecule has 11 heteroatoms. The van der Waals surface area contributed by atoms with E-state index in [1.807, 2.05) is 18.2 Å². The number of aromatic hydroxyl groups is 1. The Kier molecular flexibility index (Phi) is 6.46. The second kappa shape index (κ2) is 9.63. The Labute approximate surface area is 193 Å². The molecule has 1 atom stereocenters. The molecule has 0 saturated carbocycles. The van der Waals surface area contributed by atoms with Crippen molar-refractivity contribution in [2.24, 2.45) is 12.1 Å². The molecule has 176 valence electrons. The van der Waals surface area contributed by atoms with Crippen molar-refractivity contribution in [1.29, 1.82) is 0 Å². The van der Waals surface area contributed by atoms with Crippen LogP contribution in [0.15, 0.2) is 69.3 Å². The predicted molar refractivity (Wildman–Crippen MR) is 127 cm³/mol. The number of aryl methyl sites for hydroxylation is 1. The number of para-hydroxylation sites is 2. The monoisotopic (exact) mass is 464 g/mol. The van der Waals surface area contributed by atoms with E-state index in [-0.39, 0.29) is 36.0 Å². The molecule has 0 aliphatic rings. The highest BCUT2D eigenvalue weighted by molar-refractivity contribution is 6.01. The number of fused-ring (bicyclic) bond motifs is 1. The van der Waals surface area contributed by atoms with Gasteiger partial charge >= 0.3 is 5.69 Å². The third kappa shape index (κ3) is 4.69. The molecule has 4 aromatic rings. The number of aliphatic hydroxyl groups is 1. The highest BCUT2D eigenvalue weighted by Gasteiger charge is 2.20. The van der Waals surface area contributed by atoms with E-state index in [0.29, 0.717) is 17.0 Å². The average Bonchev–Trinajstić information content (AvgIpc) is 3.19. The second-order valence-corrected chi connectivity index (χ2v) is 7.64. The average molecular weight is 464 g/mol. The summed E-state index contributed by atoms with van der Waals surface area (Å²) in [5, 5.41) is 25.0. The van der Waals surface area contributed by atoms with Crippen LogP contribution in [0.5, 0.6) is 11.5 Å². The summed E-state index contributed by atoms with van der Waals surface area (Å²) < 4.78 is 8.25. The highest BCUT2D eigenvalue weighted by atomic mass is 16.5. The van der Waals surface area contributed by atoms with E-state index in [0.717, 1.165) is 0 Å². The Morgan fingerprint density at radius 2 is 1.88 bits per heavy atom. The van der Waals surface area contributed by atoms with Crippen LogP contribution in [0.4, 0.5) is 5.95 Å². The first-order valence-corrected chi connectivity index (χ1v) is 10.5. The number of nitrogens with zero attached hydrogens (tertiary/aromatic N) is 4. The standard InChI is InChI=1S/C23H24N6O5/c1-14(17-10-6-7-11-18(17)31)26-27-22-24-20-19(21(32)25-23(33)28(20)2)29(22)12-15(30)13-34-16-8-4-3-5-9-16/h3-11,15,30-31H,12-13H2,1-2H3,(H,24,27)(H,25,32,33)/b26-14-/t15-/m0/s1. The molecule has 2 aromatic heterocycles. The summed E-state index contributed by atoms with van der Waals surface area (Å²) in [4.78, 5) is 31.3. The van der Waals surface area contributed by atoms with Crippen LogP contribution >= 0.6 is 0 Å². The molecular formula is C23H24N6O5. The highest BCUT2D eigenvalue weighted by Crippen LogP contribution is 2.19. The lowest BCUT2D eigenvalue weighted by Gasteiger charge is -2.15. The molecule has 0 radical (unpaired) electrons. The summed E-state index contributed by atoms with van der Waals surface area (Å²) >= 11 is 0. The van der Waals surface area contributed by atoms with Gasteiger partial charge in [-0.1, -0.05) is 30.3 Å². The number of imidazole rings is 1. The van der Waals surface area contributed by atoms with Gasteiger partial charge in [0.25, 0.3) is 5.56 Å². The molecule has 2 heterocycles. The van der Waals surface area contributed by atoms with Crippen molar-refractivity contribution >= 4 is 22.8 Å². The van der Waals surface area contributed by atoms with Gasteiger partial charge < -0.3 is 19.5 Å². The van der Waals surface area contributed by atoms with Crippen LogP contribution in [0, 0.1) is 0 Å². The molecule has 0 fully saturated rings. The number of ether oxygens (including phenoxy) is 1. The molecular weight excluding hydrogens is 440 g/mol. The van der Waals surface area contributed by atoms with E-state index in [9.17, 15) is 19.8 Å². The fourth-order valence-electron chi connectivity index (χ4n) is 3.44. The fourth-order valence-corrected chi connectivity index (χ4v) is 3.44. The number of hydrogen-bond donors (Lipinski definition) is 4. The number of anilines is 1. The molecule has 4 N–H and O–H groups in total. The van der Waals surface area contributed by atoms with Gasteiger partial charge in [0.15, 0.2) is 11.2 Å². The normalized spacial score (nSPS) is 12.6. The molecule has 11 nitrogen and oxygen atoms in total. The maximum absolute atomic E-state index is 12.6. The van der Waals surface area contributed by atoms with Crippen LogP contribution in [0.3, 0.4) is 0 Å². The van der Waals surface area contributed by atoms with Crippen molar-refractivity contribution in [3.8, 4) is 11.5 Å².